The third-order valence-electron chi connectivity index (χ3n) is 3.59. The van der Waals surface area contributed by atoms with Crippen LogP contribution in [0.4, 0.5) is 0 Å². The summed E-state index contributed by atoms with van der Waals surface area (Å²) in [6.45, 7) is 1.86. The summed E-state index contributed by atoms with van der Waals surface area (Å²) in [6.07, 6.45) is 3.38. The van der Waals surface area contributed by atoms with Crippen molar-refractivity contribution in [3.8, 4) is 5.75 Å². The van der Waals surface area contributed by atoms with E-state index in [4.69, 9.17) is 14.9 Å². The lowest BCUT2D eigenvalue weighted by Crippen LogP contribution is -2.14. The van der Waals surface area contributed by atoms with Crippen LogP contribution in [-0.4, -0.2) is 35.0 Å². The molecule has 6 nitrogen and oxygen atoms in total. The van der Waals surface area contributed by atoms with Gasteiger partial charge in [0, 0.05) is 11.6 Å². The third kappa shape index (κ3) is 4.66. The quantitative estimate of drug-likeness (QED) is 0.504. The normalized spacial score (nSPS) is 18.1. The molecule has 0 unspecified atom stereocenters. The number of thioether (sulfide) groups is 1. The average Bonchev–Trinajstić information content (AvgIpc) is 3.23. The Kier molecular flexibility index (Phi) is 6.46. The molecule has 1 N–H and O–H groups in total. The van der Waals surface area contributed by atoms with Crippen LogP contribution in [0.1, 0.15) is 23.4 Å². The van der Waals surface area contributed by atoms with Gasteiger partial charge >= 0.3 is 5.97 Å². The van der Waals surface area contributed by atoms with Gasteiger partial charge in [-0.25, -0.2) is 9.78 Å². The van der Waals surface area contributed by atoms with Gasteiger partial charge in [0.15, 0.2) is 12.4 Å². The summed E-state index contributed by atoms with van der Waals surface area (Å²) in [4.78, 5) is 28.7. The number of nitrogens with zero attached hydrogens (tertiary/aromatic N) is 1. The number of hydrogen-bond acceptors (Lipinski definition) is 8. The highest BCUT2D eigenvalue weighted by Crippen LogP contribution is 2.41. The second kappa shape index (κ2) is 8.81. The van der Waals surface area contributed by atoms with Crippen LogP contribution in [0.3, 0.4) is 0 Å². The molecule has 1 aliphatic rings. The number of esters is 1. The topological polar surface area (TPSA) is 89.3 Å². The van der Waals surface area contributed by atoms with Gasteiger partial charge in [-0.05, 0) is 46.6 Å². The fourth-order valence-electron chi connectivity index (χ4n) is 2.41. The Bertz CT molecular complexity index is 912. The molecule has 1 saturated heterocycles. The highest BCUT2D eigenvalue weighted by molar-refractivity contribution is 9.10. The fourth-order valence-corrected chi connectivity index (χ4v) is 4.72. The third-order valence-corrected chi connectivity index (χ3v) is 6.04. The fraction of sp³-hybridized carbons (Fsp3) is 0.222. The van der Waals surface area contributed by atoms with Crippen LogP contribution >= 0.6 is 39.0 Å². The average molecular weight is 467 g/mol. The lowest BCUT2D eigenvalue weighted by molar-refractivity contribution is -0.145. The maximum absolute atomic E-state index is 12.7. The molecule has 3 rings (SSSR count). The van der Waals surface area contributed by atoms with E-state index < -0.39 is 11.9 Å². The number of halogens is 1. The Morgan fingerprint density at radius 1 is 1.44 bits per heavy atom. The van der Waals surface area contributed by atoms with Crippen molar-refractivity contribution in [1.29, 1.82) is 5.41 Å². The number of ether oxygens (including phenoxy) is 2. The summed E-state index contributed by atoms with van der Waals surface area (Å²) in [5.41, 5.74) is 0.786. The first-order valence-electron chi connectivity index (χ1n) is 7.99. The zero-order valence-corrected chi connectivity index (χ0v) is 17.4. The van der Waals surface area contributed by atoms with E-state index in [0.717, 1.165) is 17.3 Å². The van der Waals surface area contributed by atoms with Gasteiger partial charge in [-0.15, -0.1) is 11.3 Å². The standard InChI is InChI=1S/C18H15BrN2O4S2/c1-2-24-14(22)9-25-12-4-3-10(7-11(12)19)8-13-16(23)15(17(20)27-13)18-21-5-6-26-18/h3-8,15,20H,2,9H2,1H3/b13-8-,20-17?/t15-/m0/s1. The SMILES string of the molecule is CCOC(=O)COc1ccc(/C=C2\SC(=N)[C@@H](c3nccs3)C2=O)cc1Br. The van der Waals surface area contributed by atoms with Gasteiger partial charge in [0.2, 0.25) is 0 Å². The molecule has 1 aromatic carbocycles. The van der Waals surface area contributed by atoms with Gasteiger partial charge < -0.3 is 9.47 Å². The van der Waals surface area contributed by atoms with E-state index in [1.807, 2.05) is 0 Å². The van der Waals surface area contributed by atoms with Gasteiger partial charge in [-0.3, -0.25) is 10.2 Å². The van der Waals surface area contributed by atoms with Crippen LogP contribution < -0.4 is 4.74 Å². The second-order valence-corrected chi connectivity index (χ2v) is 8.29. The molecule has 0 spiro atoms. The Hall–Kier alpha value is -1.97. The number of thiazole rings is 1. The van der Waals surface area contributed by atoms with Crippen molar-refractivity contribution in [2.75, 3.05) is 13.2 Å². The van der Waals surface area contributed by atoms with Crippen molar-refractivity contribution < 1.29 is 19.1 Å². The Balaban J connectivity index is 1.74. The molecule has 1 atom stereocenters. The minimum atomic E-state index is -0.600. The molecule has 2 aromatic rings. The molecule has 0 radical (unpaired) electrons. The summed E-state index contributed by atoms with van der Waals surface area (Å²) < 4.78 is 10.9. The van der Waals surface area contributed by atoms with Crippen LogP contribution in [0.5, 0.6) is 5.75 Å². The van der Waals surface area contributed by atoms with Crippen LogP contribution in [0.15, 0.2) is 39.2 Å². The molecule has 0 saturated carbocycles. The molecule has 1 aromatic heterocycles. The lowest BCUT2D eigenvalue weighted by Gasteiger charge is -2.08. The van der Waals surface area contributed by atoms with Crippen molar-refractivity contribution >= 4 is 61.9 Å². The van der Waals surface area contributed by atoms with Gasteiger partial charge in [-0.1, -0.05) is 17.8 Å². The number of ketones is 1. The summed E-state index contributed by atoms with van der Waals surface area (Å²) in [5.74, 6) is -0.644. The van der Waals surface area contributed by atoms with Crippen molar-refractivity contribution in [3.05, 3.63) is 49.7 Å². The van der Waals surface area contributed by atoms with E-state index >= 15 is 0 Å². The Morgan fingerprint density at radius 2 is 2.26 bits per heavy atom. The maximum Gasteiger partial charge on any atom is 0.344 e. The number of rotatable bonds is 6. The van der Waals surface area contributed by atoms with Crippen molar-refractivity contribution in [2.24, 2.45) is 0 Å². The molecule has 1 fully saturated rings. The number of carbonyl (C=O) groups excluding carboxylic acids is 2. The molecular weight excluding hydrogens is 452 g/mol. The maximum atomic E-state index is 12.7. The van der Waals surface area contributed by atoms with E-state index in [1.54, 1.807) is 42.8 Å². The first-order chi connectivity index (χ1) is 13.0. The zero-order valence-electron chi connectivity index (χ0n) is 14.2. The molecule has 0 aliphatic carbocycles. The first kappa shape index (κ1) is 19.8. The number of hydrogen-bond donors (Lipinski definition) is 1. The Labute approximate surface area is 172 Å². The van der Waals surface area contributed by atoms with E-state index in [-0.39, 0.29) is 17.4 Å². The number of carbonyl (C=O) groups is 2. The van der Waals surface area contributed by atoms with E-state index in [0.29, 0.717) is 26.7 Å². The van der Waals surface area contributed by atoms with Crippen LogP contribution in [0, 0.1) is 5.41 Å². The molecule has 0 bridgehead atoms. The number of aromatic nitrogens is 1. The largest absolute Gasteiger partial charge is 0.481 e. The molecule has 140 valence electrons. The number of nitrogens with one attached hydrogen (secondary N) is 1. The zero-order chi connectivity index (χ0) is 19.4. The molecular formula is C18H15BrN2O4S2. The van der Waals surface area contributed by atoms with Crippen molar-refractivity contribution in [1.82, 2.24) is 4.98 Å². The van der Waals surface area contributed by atoms with Crippen molar-refractivity contribution in [3.63, 3.8) is 0 Å². The van der Waals surface area contributed by atoms with Gasteiger partial charge in [0.25, 0.3) is 0 Å². The summed E-state index contributed by atoms with van der Waals surface area (Å²) >= 11 is 5.94. The Morgan fingerprint density at radius 3 is 2.93 bits per heavy atom. The molecule has 2 heterocycles. The van der Waals surface area contributed by atoms with Crippen LogP contribution in [0.2, 0.25) is 0 Å². The second-order valence-electron chi connectivity index (χ2n) is 5.43. The molecule has 1 aliphatic heterocycles. The highest BCUT2D eigenvalue weighted by atomic mass is 79.9. The molecule has 0 amide bonds. The summed E-state index contributed by atoms with van der Waals surface area (Å²) in [5, 5.41) is 10.8. The van der Waals surface area contributed by atoms with Crippen LogP contribution in [0.25, 0.3) is 6.08 Å². The molecule has 27 heavy (non-hydrogen) atoms. The highest BCUT2D eigenvalue weighted by Gasteiger charge is 2.38. The van der Waals surface area contributed by atoms with Crippen molar-refractivity contribution in [2.45, 2.75) is 12.8 Å². The predicted molar refractivity (Wildman–Crippen MR) is 109 cm³/mol. The number of benzene rings is 1. The van der Waals surface area contributed by atoms with E-state index in [1.165, 1.54) is 11.3 Å². The van der Waals surface area contributed by atoms with Gasteiger partial charge in [0.05, 0.1) is 21.0 Å². The minimum Gasteiger partial charge on any atom is -0.481 e. The van der Waals surface area contributed by atoms with E-state index in [9.17, 15) is 9.59 Å². The molecule has 9 heteroatoms. The van der Waals surface area contributed by atoms with Crippen LogP contribution in [-0.2, 0) is 14.3 Å². The lowest BCUT2D eigenvalue weighted by atomic mass is 10.1. The predicted octanol–water partition coefficient (Wildman–Crippen LogP) is 4.27. The summed E-state index contributed by atoms with van der Waals surface area (Å²) in [7, 11) is 0. The summed E-state index contributed by atoms with van der Waals surface area (Å²) in [6, 6.07) is 5.29. The number of allylic oxidation sites excluding steroid dienone is 1. The van der Waals surface area contributed by atoms with Gasteiger partial charge in [0.1, 0.15) is 16.7 Å². The first-order valence-corrected chi connectivity index (χ1v) is 10.5. The minimum absolute atomic E-state index is 0.112. The monoisotopic (exact) mass is 466 g/mol. The van der Waals surface area contributed by atoms with E-state index in [2.05, 4.69) is 20.9 Å². The number of Topliss-reactive ketones (excluding diaryl/α,β-unsaturated/α-hetero) is 1. The smallest absolute Gasteiger partial charge is 0.344 e. The van der Waals surface area contributed by atoms with Gasteiger partial charge in [-0.2, -0.15) is 0 Å².